The van der Waals surface area contributed by atoms with Crippen LogP contribution in [0.25, 0.3) is 0 Å². The van der Waals surface area contributed by atoms with E-state index in [9.17, 15) is 4.79 Å². The molecule has 0 aliphatic carbocycles. The van der Waals surface area contributed by atoms with Crippen molar-refractivity contribution >= 4 is 12.5 Å². The summed E-state index contributed by atoms with van der Waals surface area (Å²) in [5.41, 5.74) is -0.682. The zero-order valence-electron chi connectivity index (χ0n) is 7.01. The van der Waals surface area contributed by atoms with Crippen LogP contribution in [0.5, 0.6) is 0 Å². The van der Waals surface area contributed by atoms with E-state index >= 15 is 0 Å². The van der Waals surface area contributed by atoms with Crippen molar-refractivity contribution in [3.63, 3.8) is 0 Å². The Kier molecular flexibility index (Phi) is 1.85. The molecule has 66 valence electrons. The minimum absolute atomic E-state index is 0.431. The number of carbonyl (C=O) groups is 1. The van der Waals surface area contributed by atoms with Crippen molar-refractivity contribution in [3.8, 4) is 0 Å². The van der Waals surface area contributed by atoms with E-state index in [1.165, 1.54) is 0 Å². The second-order valence-corrected chi connectivity index (χ2v) is 2.98. The summed E-state index contributed by atoms with van der Waals surface area (Å²) in [7, 11) is 0. The Morgan fingerprint density at radius 3 is 3.08 bits per heavy atom. The molecule has 1 unspecified atom stereocenters. The molecule has 0 N–H and O–H groups in total. The Balaban J connectivity index is 2.42. The van der Waals surface area contributed by atoms with E-state index in [4.69, 9.17) is 4.42 Å². The van der Waals surface area contributed by atoms with E-state index in [2.05, 4.69) is 4.99 Å². The van der Waals surface area contributed by atoms with Gasteiger partial charge in [-0.1, -0.05) is 6.08 Å². The number of carbonyl (C=O) groups excluding carboxylic acids is 1. The Morgan fingerprint density at radius 1 is 1.62 bits per heavy atom. The van der Waals surface area contributed by atoms with Crippen LogP contribution in [0.3, 0.4) is 0 Å². The van der Waals surface area contributed by atoms with E-state index in [0.29, 0.717) is 12.3 Å². The number of allylic oxidation sites excluding steroid dienone is 1. The predicted molar refractivity (Wildman–Crippen MR) is 48.9 cm³/mol. The van der Waals surface area contributed by atoms with Crippen LogP contribution >= 0.6 is 0 Å². The molecular weight excluding hydrogens is 166 g/mol. The smallest absolute Gasteiger partial charge is 0.139 e. The highest BCUT2D eigenvalue weighted by Crippen LogP contribution is 2.26. The second-order valence-electron chi connectivity index (χ2n) is 2.98. The fraction of sp³-hybridized carbons (Fsp3) is 0.200. The lowest BCUT2D eigenvalue weighted by atomic mass is 9.85. The number of hydrogen-bond donors (Lipinski definition) is 0. The monoisotopic (exact) mass is 175 g/mol. The highest BCUT2D eigenvalue weighted by atomic mass is 16.3. The average molecular weight is 175 g/mol. The highest BCUT2D eigenvalue weighted by Gasteiger charge is 2.32. The van der Waals surface area contributed by atoms with E-state index in [-0.39, 0.29) is 0 Å². The van der Waals surface area contributed by atoms with Crippen molar-refractivity contribution in [1.29, 1.82) is 0 Å². The Hall–Kier alpha value is -1.64. The molecule has 0 aromatic carbocycles. The number of dihydropyridines is 1. The third kappa shape index (κ3) is 1.22. The van der Waals surface area contributed by atoms with E-state index in [1.807, 2.05) is 6.08 Å². The van der Waals surface area contributed by atoms with Gasteiger partial charge in [0.05, 0.1) is 12.8 Å². The number of hydrogen-bond acceptors (Lipinski definition) is 3. The molecule has 2 heterocycles. The normalized spacial score (nSPS) is 26.2. The third-order valence-electron chi connectivity index (χ3n) is 2.13. The first-order chi connectivity index (χ1) is 6.37. The van der Waals surface area contributed by atoms with E-state index in [0.717, 1.165) is 6.29 Å². The third-order valence-corrected chi connectivity index (χ3v) is 2.13. The largest absolute Gasteiger partial charge is 0.468 e. The lowest BCUT2D eigenvalue weighted by molar-refractivity contribution is -0.111. The number of furan rings is 1. The number of aliphatic imine (C=N–C) groups is 1. The van der Waals surface area contributed by atoms with Crippen molar-refractivity contribution in [2.24, 2.45) is 4.99 Å². The van der Waals surface area contributed by atoms with Gasteiger partial charge in [-0.05, 0) is 18.2 Å². The fourth-order valence-electron chi connectivity index (χ4n) is 1.37. The van der Waals surface area contributed by atoms with Gasteiger partial charge in [0.25, 0.3) is 0 Å². The molecule has 0 spiro atoms. The molecule has 2 rings (SSSR count). The molecule has 3 nitrogen and oxygen atoms in total. The van der Waals surface area contributed by atoms with Gasteiger partial charge in [0.1, 0.15) is 17.5 Å². The molecule has 3 heteroatoms. The van der Waals surface area contributed by atoms with Crippen molar-refractivity contribution in [2.75, 3.05) is 6.54 Å². The summed E-state index contributed by atoms with van der Waals surface area (Å²) in [6.45, 7) is 0.431. The molecule has 1 aliphatic heterocycles. The molecule has 0 saturated carbocycles. The first-order valence-corrected chi connectivity index (χ1v) is 4.05. The van der Waals surface area contributed by atoms with Crippen molar-refractivity contribution in [2.45, 2.75) is 5.41 Å². The molecule has 0 saturated heterocycles. The van der Waals surface area contributed by atoms with Crippen molar-refractivity contribution < 1.29 is 9.21 Å². The van der Waals surface area contributed by atoms with Gasteiger partial charge < -0.3 is 9.21 Å². The van der Waals surface area contributed by atoms with Crippen LogP contribution in [0.2, 0.25) is 0 Å². The topological polar surface area (TPSA) is 42.6 Å². The average Bonchev–Trinajstić information content (AvgIpc) is 2.72. The van der Waals surface area contributed by atoms with Gasteiger partial charge in [0.2, 0.25) is 0 Å². The molecular formula is C10H9NO2. The summed E-state index contributed by atoms with van der Waals surface area (Å²) >= 11 is 0. The zero-order valence-corrected chi connectivity index (χ0v) is 7.01. The molecule has 0 fully saturated rings. The summed E-state index contributed by atoms with van der Waals surface area (Å²) < 4.78 is 5.21. The van der Waals surface area contributed by atoms with Gasteiger partial charge >= 0.3 is 0 Å². The van der Waals surface area contributed by atoms with E-state index < -0.39 is 5.41 Å². The van der Waals surface area contributed by atoms with Crippen LogP contribution in [0.1, 0.15) is 5.76 Å². The van der Waals surface area contributed by atoms with E-state index in [1.54, 1.807) is 30.7 Å². The first kappa shape index (κ1) is 7.98. The quantitative estimate of drug-likeness (QED) is 0.637. The molecule has 0 amide bonds. The van der Waals surface area contributed by atoms with Crippen LogP contribution in [0.15, 0.2) is 40.0 Å². The fourth-order valence-corrected chi connectivity index (χ4v) is 1.37. The van der Waals surface area contributed by atoms with Gasteiger partial charge in [0.15, 0.2) is 0 Å². The second kappa shape index (κ2) is 3.01. The van der Waals surface area contributed by atoms with Gasteiger partial charge in [-0.3, -0.25) is 4.99 Å². The van der Waals surface area contributed by atoms with Crippen molar-refractivity contribution in [1.82, 2.24) is 0 Å². The van der Waals surface area contributed by atoms with Gasteiger partial charge in [-0.2, -0.15) is 0 Å². The van der Waals surface area contributed by atoms with Crippen LogP contribution in [-0.2, 0) is 10.2 Å². The summed E-state index contributed by atoms with van der Waals surface area (Å²) in [5.74, 6) is 0.649. The Morgan fingerprint density at radius 2 is 2.54 bits per heavy atom. The van der Waals surface area contributed by atoms with Crippen LogP contribution < -0.4 is 0 Å². The van der Waals surface area contributed by atoms with Gasteiger partial charge in [0, 0.05) is 6.21 Å². The number of aldehydes is 1. The van der Waals surface area contributed by atoms with Crippen molar-refractivity contribution in [3.05, 3.63) is 36.3 Å². The maximum absolute atomic E-state index is 11.0. The highest BCUT2D eigenvalue weighted by molar-refractivity contribution is 5.80. The minimum Gasteiger partial charge on any atom is -0.468 e. The van der Waals surface area contributed by atoms with Crippen LogP contribution in [-0.4, -0.2) is 19.0 Å². The van der Waals surface area contributed by atoms with Crippen LogP contribution in [0.4, 0.5) is 0 Å². The summed E-state index contributed by atoms with van der Waals surface area (Å²) in [6.07, 6.45) is 7.70. The predicted octanol–water partition coefficient (Wildman–Crippen LogP) is 1.36. The first-order valence-electron chi connectivity index (χ1n) is 4.05. The number of nitrogens with zero attached hydrogens (tertiary/aromatic N) is 1. The maximum Gasteiger partial charge on any atom is 0.139 e. The zero-order chi connectivity index (χ0) is 9.15. The summed E-state index contributed by atoms with van der Waals surface area (Å²) in [4.78, 5) is 15.0. The Labute approximate surface area is 75.8 Å². The molecule has 0 radical (unpaired) electrons. The SMILES string of the molecule is O=CC1(c2ccco2)C=CC=NC1. The standard InChI is InChI=1S/C10H9NO2/c12-8-10(4-2-5-11-7-10)9-3-1-6-13-9/h1-6,8H,7H2. The number of rotatable bonds is 2. The minimum atomic E-state index is -0.682. The molecule has 1 aromatic rings. The molecule has 0 bridgehead atoms. The van der Waals surface area contributed by atoms with Gasteiger partial charge in [-0.15, -0.1) is 0 Å². The lowest BCUT2D eigenvalue weighted by Crippen LogP contribution is -2.30. The summed E-state index contributed by atoms with van der Waals surface area (Å²) in [5, 5.41) is 0. The molecule has 1 aliphatic rings. The maximum atomic E-state index is 11.0. The summed E-state index contributed by atoms with van der Waals surface area (Å²) in [6, 6.07) is 3.56. The lowest BCUT2D eigenvalue weighted by Gasteiger charge is -2.20. The Bertz CT molecular complexity index is 351. The molecule has 1 aromatic heterocycles. The molecule has 1 atom stereocenters. The van der Waals surface area contributed by atoms with Gasteiger partial charge in [-0.25, -0.2) is 0 Å². The van der Waals surface area contributed by atoms with Crippen LogP contribution in [0, 0.1) is 0 Å². The molecule has 13 heavy (non-hydrogen) atoms.